The average molecular weight is 305 g/mol. The van der Waals surface area contributed by atoms with E-state index in [4.69, 9.17) is 9.15 Å². The zero-order valence-electron chi connectivity index (χ0n) is 12.1. The molecule has 1 atom stereocenters. The minimum absolute atomic E-state index is 0.0980. The molecule has 2 aromatic heterocycles. The van der Waals surface area contributed by atoms with Gasteiger partial charge in [-0.15, -0.1) is 0 Å². The minimum Gasteiger partial charge on any atom is -0.464 e. The smallest absolute Gasteiger partial charge is 0.322 e. The number of carbonyl (C=O) groups excluding carboxylic acids is 1. The summed E-state index contributed by atoms with van der Waals surface area (Å²) in [5, 5.41) is 2.56. The van der Waals surface area contributed by atoms with E-state index in [1.165, 1.54) is 12.3 Å². The molecule has 116 valence electrons. The van der Waals surface area contributed by atoms with Crippen LogP contribution in [-0.2, 0) is 4.74 Å². The molecule has 3 rings (SSSR count). The summed E-state index contributed by atoms with van der Waals surface area (Å²) < 4.78 is 24.6. The highest BCUT2D eigenvalue weighted by atomic mass is 19.1. The van der Waals surface area contributed by atoms with Gasteiger partial charge in [-0.1, -0.05) is 0 Å². The number of morpholine rings is 1. The molecule has 1 N–H and O–H groups in total. The molecule has 0 saturated carbocycles. The topological polar surface area (TPSA) is 67.6 Å². The van der Waals surface area contributed by atoms with Gasteiger partial charge in [0.25, 0.3) is 0 Å². The van der Waals surface area contributed by atoms with Crippen molar-refractivity contribution in [1.29, 1.82) is 0 Å². The highest BCUT2D eigenvalue weighted by Crippen LogP contribution is 2.26. The quantitative estimate of drug-likeness (QED) is 0.926. The number of urea groups is 1. The number of anilines is 1. The first-order chi connectivity index (χ1) is 10.6. The van der Waals surface area contributed by atoms with Gasteiger partial charge < -0.3 is 19.4 Å². The maximum atomic E-state index is 13.6. The van der Waals surface area contributed by atoms with Crippen LogP contribution in [0.15, 0.2) is 35.0 Å². The molecule has 2 aromatic rings. The van der Waals surface area contributed by atoms with Gasteiger partial charge in [0.1, 0.15) is 17.6 Å². The molecule has 0 radical (unpaired) electrons. The predicted molar refractivity (Wildman–Crippen MR) is 76.9 cm³/mol. The van der Waals surface area contributed by atoms with E-state index in [1.54, 1.807) is 4.90 Å². The first-order valence-electron chi connectivity index (χ1n) is 6.96. The summed E-state index contributed by atoms with van der Waals surface area (Å²) in [6.07, 6.45) is 2.48. The lowest BCUT2D eigenvalue weighted by Gasteiger charge is -2.34. The Morgan fingerprint density at radius 3 is 3.05 bits per heavy atom. The van der Waals surface area contributed by atoms with E-state index in [-0.39, 0.29) is 11.7 Å². The molecule has 1 aliphatic heterocycles. The second-order valence-corrected chi connectivity index (χ2v) is 5.02. The van der Waals surface area contributed by atoms with E-state index in [9.17, 15) is 9.18 Å². The largest absolute Gasteiger partial charge is 0.464 e. The number of nitrogens with zero attached hydrogens (tertiary/aromatic N) is 2. The van der Waals surface area contributed by atoms with Gasteiger partial charge in [-0.05, 0) is 25.1 Å². The van der Waals surface area contributed by atoms with Gasteiger partial charge in [-0.2, -0.15) is 0 Å². The minimum atomic E-state index is -0.575. The van der Waals surface area contributed by atoms with Crippen LogP contribution in [0.3, 0.4) is 0 Å². The number of carbonyl (C=O) groups is 1. The molecular weight excluding hydrogens is 289 g/mol. The molecule has 0 spiro atoms. The van der Waals surface area contributed by atoms with Gasteiger partial charge in [0, 0.05) is 12.7 Å². The third-order valence-corrected chi connectivity index (χ3v) is 3.49. The van der Waals surface area contributed by atoms with E-state index in [0.717, 1.165) is 12.0 Å². The van der Waals surface area contributed by atoms with E-state index >= 15 is 0 Å². The molecule has 7 heteroatoms. The lowest BCUT2D eigenvalue weighted by atomic mass is 10.2. The predicted octanol–water partition coefficient (Wildman–Crippen LogP) is 2.73. The molecule has 3 heterocycles. The second-order valence-electron chi connectivity index (χ2n) is 5.02. The zero-order chi connectivity index (χ0) is 15.5. The molecule has 22 heavy (non-hydrogen) atoms. The Hall–Kier alpha value is -2.41. The van der Waals surface area contributed by atoms with Crippen LogP contribution in [0.1, 0.15) is 17.6 Å². The van der Waals surface area contributed by atoms with E-state index in [2.05, 4.69) is 10.3 Å². The maximum absolute atomic E-state index is 13.6. The van der Waals surface area contributed by atoms with Crippen molar-refractivity contribution in [3.8, 4) is 0 Å². The summed E-state index contributed by atoms with van der Waals surface area (Å²) in [6.45, 7) is 3.02. The normalized spacial score (nSPS) is 18.3. The summed E-state index contributed by atoms with van der Waals surface area (Å²) >= 11 is 0. The van der Waals surface area contributed by atoms with Crippen molar-refractivity contribution in [2.75, 3.05) is 25.1 Å². The Bertz CT molecular complexity index is 674. The molecule has 0 aromatic carbocycles. The molecule has 2 amide bonds. The van der Waals surface area contributed by atoms with Crippen molar-refractivity contribution in [2.45, 2.75) is 13.0 Å². The lowest BCUT2D eigenvalue weighted by Crippen LogP contribution is -2.45. The number of pyridine rings is 1. The fourth-order valence-electron chi connectivity index (χ4n) is 2.38. The van der Waals surface area contributed by atoms with Gasteiger partial charge in [-0.25, -0.2) is 9.18 Å². The Labute approximate surface area is 126 Å². The molecule has 1 unspecified atom stereocenters. The molecular formula is C15H16FN3O3. The highest BCUT2D eigenvalue weighted by Gasteiger charge is 2.31. The van der Waals surface area contributed by atoms with E-state index in [0.29, 0.717) is 25.5 Å². The first-order valence-corrected chi connectivity index (χ1v) is 6.96. The number of hydrogen-bond acceptors (Lipinski definition) is 4. The number of halogens is 1. The van der Waals surface area contributed by atoms with E-state index in [1.807, 2.05) is 19.1 Å². The number of hydrogen-bond donors (Lipinski definition) is 1. The SMILES string of the molecule is Cc1ccc(C2COCCN2C(=O)Nc2ccncc2F)o1. The van der Waals surface area contributed by atoms with Crippen LogP contribution in [0.2, 0.25) is 0 Å². The Balaban J connectivity index is 1.78. The number of rotatable bonds is 2. The Kier molecular flexibility index (Phi) is 4.06. The summed E-state index contributed by atoms with van der Waals surface area (Å²) in [4.78, 5) is 17.7. The van der Waals surface area contributed by atoms with Crippen molar-refractivity contribution in [2.24, 2.45) is 0 Å². The van der Waals surface area contributed by atoms with Crippen LogP contribution in [-0.4, -0.2) is 35.7 Å². The van der Waals surface area contributed by atoms with Gasteiger partial charge in [0.15, 0.2) is 5.82 Å². The standard InChI is InChI=1S/C15H16FN3O3/c1-10-2-3-14(22-10)13-9-21-7-6-19(13)15(20)18-12-4-5-17-8-11(12)16/h2-5,8,13H,6-7,9H2,1H3,(H,17,18,20). The lowest BCUT2D eigenvalue weighted by molar-refractivity contribution is 0.00708. The van der Waals surface area contributed by atoms with Gasteiger partial charge in [0.2, 0.25) is 0 Å². The molecule has 1 saturated heterocycles. The van der Waals surface area contributed by atoms with E-state index < -0.39 is 11.8 Å². The average Bonchev–Trinajstić information content (AvgIpc) is 2.96. The monoisotopic (exact) mass is 305 g/mol. The third kappa shape index (κ3) is 2.94. The number of aryl methyl sites for hydroxylation is 1. The fraction of sp³-hybridized carbons (Fsp3) is 0.333. The summed E-state index contributed by atoms with van der Waals surface area (Å²) in [5.74, 6) is 0.846. The Morgan fingerprint density at radius 2 is 2.32 bits per heavy atom. The van der Waals surface area contributed by atoms with Crippen LogP contribution < -0.4 is 5.32 Å². The molecule has 0 aliphatic carbocycles. The van der Waals surface area contributed by atoms with Crippen LogP contribution >= 0.6 is 0 Å². The van der Waals surface area contributed by atoms with Crippen LogP contribution in [0.4, 0.5) is 14.9 Å². The van der Waals surface area contributed by atoms with Crippen LogP contribution in [0.25, 0.3) is 0 Å². The molecule has 1 aliphatic rings. The van der Waals surface area contributed by atoms with Crippen molar-refractivity contribution in [3.63, 3.8) is 0 Å². The Morgan fingerprint density at radius 1 is 1.45 bits per heavy atom. The molecule has 6 nitrogen and oxygen atoms in total. The number of furan rings is 1. The fourth-order valence-corrected chi connectivity index (χ4v) is 2.38. The zero-order valence-corrected chi connectivity index (χ0v) is 12.1. The third-order valence-electron chi connectivity index (χ3n) is 3.49. The van der Waals surface area contributed by atoms with Crippen molar-refractivity contribution in [1.82, 2.24) is 9.88 Å². The van der Waals surface area contributed by atoms with Crippen LogP contribution in [0.5, 0.6) is 0 Å². The molecule has 0 bridgehead atoms. The number of nitrogens with one attached hydrogen (secondary N) is 1. The summed E-state index contributed by atoms with van der Waals surface area (Å²) in [7, 11) is 0. The number of amides is 2. The summed E-state index contributed by atoms with van der Waals surface area (Å²) in [6, 6.07) is 4.35. The second kappa shape index (κ2) is 6.15. The highest BCUT2D eigenvalue weighted by molar-refractivity contribution is 5.89. The van der Waals surface area contributed by atoms with Gasteiger partial charge in [0.05, 0.1) is 25.1 Å². The van der Waals surface area contributed by atoms with Crippen molar-refractivity contribution >= 4 is 11.7 Å². The summed E-state index contributed by atoms with van der Waals surface area (Å²) in [5.41, 5.74) is 0.0980. The number of ether oxygens (including phenoxy) is 1. The van der Waals surface area contributed by atoms with Crippen LogP contribution in [0, 0.1) is 12.7 Å². The van der Waals surface area contributed by atoms with Gasteiger partial charge >= 0.3 is 6.03 Å². The first kappa shape index (κ1) is 14.5. The maximum Gasteiger partial charge on any atom is 0.322 e. The van der Waals surface area contributed by atoms with Crippen molar-refractivity contribution in [3.05, 3.63) is 47.9 Å². The van der Waals surface area contributed by atoms with Crippen molar-refractivity contribution < 1.29 is 18.3 Å². The number of aromatic nitrogens is 1. The van der Waals surface area contributed by atoms with Gasteiger partial charge in [-0.3, -0.25) is 4.98 Å². The molecule has 1 fully saturated rings.